The lowest BCUT2D eigenvalue weighted by Gasteiger charge is -2.19. The number of ether oxygens (including phenoxy) is 3. The van der Waals surface area contributed by atoms with E-state index in [9.17, 15) is 4.79 Å². The van der Waals surface area contributed by atoms with E-state index in [0.717, 1.165) is 30.4 Å². The van der Waals surface area contributed by atoms with Crippen molar-refractivity contribution in [3.05, 3.63) is 58.7 Å². The van der Waals surface area contributed by atoms with Crippen molar-refractivity contribution in [3.8, 4) is 17.2 Å². The molecular formula is C21H21ClO4. The third-order valence-electron chi connectivity index (χ3n) is 4.28. The minimum absolute atomic E-state index is 0.172. The molecule has 136 valence electrons. The highest BCUT2D eigenvalue weighted by Gasteiger charge is 2.19. The quantitative estimate of drug-likeness (QED) is 0.657. The van der Waals surface area contributed by atoms with Crippen LogP contribution in [0.1, 0.15) is 30.0 Å². The van der Waals surface area contributed by atoms with Crippen LogP contribution in [0.4, 0.5) is 0 Å². The topological polar surface area (TPSA) is 44.8 Å². The van der Waals surface area contributed by atoms with Crippen molar-refractivity contribution in [2.45, 2.75) is 26.4 Å². The van der Waals surface area contributed by atoms with Gasteiger partial charge in [-0.3, -0.25) is 4.79 Å². The first-order valence-electron chi connectivity index (χ1n) is 8.56. The van der Waals surface area contributed by atoms with E-state index in [-0.39, 0.29) is 6.61 Å². The van der Waals surface area contributed by atoms with E-state index in [1.807, 2.05) is 12.1 Å². The van der Waals surface area contributed by atoms with E-state index in [1.165, 1.54) is 5.56 Å². The number of carbonyl (C=O) groups is 1. The molecule has 1 aliphatic heterocycles. The molecule has 3 rings (SSSR count). The molecule has 0 spiro atoms. The molecule has 0 saturated carbocycles. The normalized spacial score (nSPS) is 13.0. The molecule has 0 N–H and O–H groups in total. The molecule has 0 bridgehead atoms. The number of hydrogen-bond donors (Lipinski definition) is 0. The first-order chi connectivity index (χ1) is 12.7. The summed E-state index contributed by atoms with van der Waals surface area (Å²) in [6.07, 6.45) is 2.85. The molecule has 0 amide bonds. The zero-order valence-corrected chi connectivity index (χ0v) is 15.6. The van der Waals surface area contributed by atoms with E-state index >= 15 is 0 Å². The molecule has 26 heavy (non-hydrogen) atoms. The minimum atomic E-state index is 0.172. The molecule has 0 aliphatic carbocycles. The monoisotopic (exact) mass is 372 g/mol. The molecule has 0 fully saturated rings. The van der Waals surface area contributed by atoms with Crippen molar-refractivity contribution in [1.82, 2.24) is 0 Å². The van der Waals surface area contributed by atoms with Crippen molar-refractivity contribution in [2.24, 2.45) is 0 Å². The fraction of sp³-hybridized carbons (Fsp3) is 0.286. The van der Waals surface area contributed by atoms with Gasteiger partial charge in [-0.1, -0.05) is 37.1 Å². The van der Waals surface area contributed by atoms with E-state index in [2.05, 4.69) is 19.1 Å². The second-order valence-electron chi connectivity index (χ2n) is 6.09. The summed E-state index contributed by atoms with van der Waals surface area (Å²) in [4.78, 5) is 11.0. The van der Waals surface area contributed by atoms with E-state index < -0.39 is 0 Å². The Morgan fingerprint density at radius 3 is 2.81 bits per heavy atom. The third-order valence-corrected chi connectivity index (χ3v) is 4.73. The number of benzene rings is 2. The molecule has 1 heterocycles. The summed E-state index contributed by atoms with van der Waals surface area (Å²) in [6.45, 7) is 2.71. The highest BCUT2D eigenvalue weighted by molar-refractivity contribution is 6.51. The fourth-order valence-corrected chi connectivity index (χ4v) is 3.14. The number of carbonyl (C=O) groups excluding carboxylic acids is 1. The van der Waals surface area contributed by atoms with E-state index in [0.29, 0.717) is 34.3 Å². The van der Waals surface area contributed by atoms with Crippen LogP contribution >= 0.6 is 11.6 Å². The predicted octanol–water partition coefficient (Wildman–Crippen LogP) is 4.77. The molecular weight excluding hydrogens is 352 g/mol. The Hall–Kier alpha value is -2.46. The third kappa shape index (κ3) is 3.86. The molecule has 0 aromatic heterocycles. The number of halogens is 1. The van der Waals surface area contributed by atoms with Gasteiger partial charge >= 0.3 is 0 Å². The van der Waals surface area contributed by atoms with Crippen molar-refractivity contribution < 1.29 is 19.0 Å². The van der Waals surface area contributed by atoms with Crippen LogP contribution in [0.3, 0.4) is 0 Å². The van der Waals surface area contributed by atoms with Gasteiger partial charge in [0, 0.05) is 22.8 Å². The molecule has 5 heteroatoms. The Kier molecular flexibility index (Phi) is 5.84. The van der Waals surface area contributed by atoms with E-state index in [4.69, 9.17) is 25.8 Å². The molecule has 0 atom stereocenters. The second kappa shape index (κ2) is 8.28. The molecule has 0 saturated heterocycles. The maximum absolute atomic E-state index is 11.0. The van der Waals surface area contributed by atoms with Crippen molar-refractivity contribution in [2.75, 3.05) is 13.7 Å². The van der Waals surface area contributed by atoms with Gasteiger partial charge in [-0.25, -0.2) is 0 Å². The standard InChI is InChI=1S/C21H21ClO4/c1-3-4-14-5-6-15(19(9-14)24-2)12-25-17-7-8-18-20(10-17)26-13-16(11-23)21(18)22/h5-11H,3-4,12-13H2,1-2H3. The van der Waals surface area contributed by atoms with Crippen LogP contribution in [0.15, 0.2) is 42.0 Å². The predicted molar refractivity (Wildman–Crippen MR) is 102 cm³/mol. The molecule has 2 aromatic rings. The van der Waals surface area contributed by atoms with Crippen LogP contribution in [0, 0.1) is 0 Å². The minimum Gasteiger partial charge on any atom is -0.496 e. The first kappa shape index (κ1) is 18.3. The summed E-state index contributed by atoms with van der Waals surface area (Å²) in [5.41, 5.74) is 3.38. The van der Waals surface area contributed by atoms with Crippen molar-refractivity contribution in [3.63, 3.8) is 0 Å². The number of aldehydes is 1. The Balaban J connectivity index is 1.75. The Morgan fingerprint density at radius 1 is 1.23 bits per heavy atom. The second-order valence-corrected chi connectivity index (χ2v) is 6.47. The molecule has 2 aromatic carbocycles. The van der Waals surface area contributed by atoms with Gasteiger partial charge in [-0.15, -0.1) is 0 Å². The number of rotatable bonds is 7. The summed E-state index contributed by atoms with van der Waals surface area (Å²) in [7, 11) is 1.67. The van der Waals surface area contributed by atoms with Crippen LogP contribution in [-0.2, 0) is 17.8 Å². The molecule has 1 aliphatic rings. The highest BCUT2D eigenvalue weighted by Crippen LogP contribution is 2.37. The molecule has 0 unspecified atom stereocenters. The summed E-state index contributed by atoms with van der Waals surface area (Å²) in [5.74, 6) is 2.11. The summed E-state index contributed by atoms with van der Waals surface area (Å²) in [5, 5.41) is 0.431. The van der Waals surface area contributed by atoms with Crippen LogP contribution < -0.4 is 14.2 Å². The summed E-state index contributed by atoms with van der Waals surface area (Å²) < 4.78 is 17.0. The fourth-order valence-electron chi connectivity index (χ4n) is 2.88. The number of aryl methyl sites for hydroxylation is 1. The van der Waals surface area contributed by atoms with Crippen LogP contribution in [0.5, 0.6) is 17.2 Å². The highest BCUT2D eigenvalue weighted by atomic mass is 35.5. The maximum atomic E-state index is 11.0. The van der Waals surface area contributed by atoms with Gasteiger partial charge in [0.1, 0.15) is 30.5 Å². The SMILES string of the molecule is CCCc1ccc(COc2ccc3c(c2)OCC(C=O)=C3Cl)c(OC)c1. The van der Waals surface area contributed by atoms with Gasteiger partial charge in [0.05, 0.1) is 12.1 Å². The number of hydrogen-bond acceptors (Lipinski definition) is 4. The lowest BCUT2D eigenvalue weighted by atomic mass is 10.1. The number of fused-ring (bicyclic) bond motifs is 1. The van der Waals surface area contributed by atoms with Crippen molar-refractivity contribution in [1.29, 1.82) is 0 Å². The Labute approximate surface area is 158 Å². The Morgan fingerprint density at radius 2 is 2.08 bits per heavy atom. The lowest BCUT2D eigenvalue weighted by molar-refractivity contribution is -0.105. The average molecular weight is 373 g/mol. The number of methoxy groups -OCH3 is 1. The zero-order chi connectivity index (χ0) is 18.5. The first-order valence-corrected chi connectivity index (χ1v) is 8.93. The maximum Gasteiger partial charge on any atom is 0.150 e. The van der Waals surface area contributed by atoms with Gasteiger partial charge < -0.3 is 14.2 Å². The average Bonchev–Trinajstić information content (AvgIpc) is 2.67. The van der Waals surface area contributed by atoms with Crippen LogP contribution in [0.25, 0.3) is 5.03 Å². The summed E-state index contributed by atoms with van der Waals surface area (Å²) in [6, 6.07) is 11.6. The van der Waals surface area contributed by atoms with Crippen LogP contribution in [0.2, 0.25) is 0 Å². The van der Waals surface area contributed by atoms with Gasteiger partial charge in [0.15, 0.2) is 6.29 Å². The lowest BCUT2D eigenvalue weighted by Crippen LogP contribution is -2.10. The smallest absolute Gasteiger partial charge is 0.150 e. The Bertz CT molecular complexity index is 842. The van der Waals surface area contributed by atoms with Crippen molar-refractivity contribution >= 4 is 22.9 Å². The zero-order valence-electron chi connectivity index (χ0n) is 14.9. The van der Waals surface area contributed by atoms with Crippen LogP contribution in [-0.4, -0.2) is 20.0 Å². The summed E-state index contributed by atoms with van der Waals surface area (Å²) >= 11 is 6.23. The largest absolute Gasteiger partial charge is 0.496 e. The molecule has 0 radical (unpaired) electrons. The van der Waals surface area contributed by atoms with E-state index in [1.54, 1.807) is 19.2 Å². The van der Waals surface area contributed by atoms with Gasteiger partial charge in [0.2, 0.25) is 0 Å². The van der Waals surface area contributed by atoms with Gasteiger partial charge in [0.25, 0.3) is 0 Å². The molecule has 4 nitrogen and oxygen atoms in total. The van der Waals surface area contributed by atoms with Gasteiger partial charge in [-0.2, -0.15) is 0 Å². The van der Waals surface area contributed by atoms with Gasteiger partial charge in [-0.05, 0) is 30.2 Å².